The van der Waals surface area contributed by atoms with E-state index in [0.717, 1.165) is 30.8 Å². The van der Waals surface area contributed by atoms with Crippen molar-refractivity contribution < 1.29 is 33.3 Å². The average Bonchev–Trinajstić information content (AvgIpc) is 3.35. The first-order valence-electron chi connectivity index (χ1n) is 26.1. The number of nitrogens with zero attached hydrogens (tertiary/aromatic N) is 2. The highest BCUT2D eigenvalue weighted by molar-refractivity contribution is 6.05. The van der Waals surface area contributed by atoms with Crippen molar-refractivity contribution in [3.05, 3.63) is 108 Å². The van der Waals surface area contributed by atoms with Crippen molar-refractivity contribution in [2.45, 2.75) is 174 Å². The Bertz CT molecular complexity index is 1820. The van der Waals surface area contributed by atoms with Gasteiger partial charge >= 0.3 is 18.0 Å². The number of esters is 2. The summed E-state index contributed by atoms with van der Waals surface area (Å²) >= 11 is 0. The Hall–Kier alpha value is -5.31. The third kappa shape index (κ3) is 19.8. The zero-order chi connectivity index (χ0) is 47.2. The summed E-state index contributed by atoms with van der Waals surface area (Å²) in [5.74, 6) is 1.43. The summed E-state index contributed by atoms with van der Waals surface area (Å²) in [4.78, 5) is 43.2. The van der Waals surface area contributed by atoms with E-state index in [1.165, 1.54) is 141 Å². The third-order valence-corrected chi connectivity index (χ3v) is 12.7. The molecule has 9 nitrogen and oxygen atoms in total. The van der Waals surface area contributed by atoms with Crippen LogP contribution in [0.25, 0.3) is 0 Å². The minimum absolute atomic E-state index is 0.181. The van der Waals surface area contributed by atoms with Gasteiger partial charge in [0.2, 0.25) is 0 Å². The van der Waals surface area contributed by atoms with Crippen LogP contribution >= 0.6 is 0 Å². The smallest absolute Gasteiger partial charge is 0.343 e. The molecule has 0 N–H and O–H groups in total. The topological polar surface area (TPSA) is 94.6 Å². The first kappa shape index (κ1) is 52.7. The zero-order valence-electron chi connectivity index (χ0n) is 41.0. The molecule has 1 aliphatic rings. The second-order valence-corrected chi connectivity index (χ2v) is 18.2. The standard InChI is InChI=1S/C58H80N2O7/c1-3-5-7-9-11-13-15-17-19-21-23-25-46-64-52-36-40-54(41-37-52)66-56(61)48-28-32-50(33-29-48)59-44-27-45-60(58(59)63)51-34-30-49(31-35-51)57(62)67-55-42-38-53(39-43-55)65-47-26-24-22-20-18-16-14-12-10-8-6-4-2/h28-43H,3-27,44-47H2,1-2H3. The molecule has 0 bridgehead atoms. The summed E-state index contributed by atoms with van der Waals surface area (Å²) in [6.07, 6.45) is 32.1. The van der Waals surface area contributed by atoms with Crippen LogP contribution in [0.5, 0.6) is 23.0 Å². The molecule has 0 radical (unpaired) electrons. The van der Waals surface area contributed by atoms with E-state index < -0.39 is 11.9 Å². The van der Waals surface area contributed by atoms with Crippen LogP contribution in [0.1, 0.15) is 195 Å². The summed E-state index contributed by atoms with van der Waals surface area (Å²) in [6.45, 7) is 6.97. The molecule has 0 saturated carbocycles. The fraction of sp³-hybridized carbons (Fsp3) is 0.534. The molecule has 0 atom stereocenters. The minimum atomic E-state index is -0.479. The van der Waals surface area contributed by atoms with E-state index in [0.29, 0.717) is 60.3 Å². The van der Waals surface area contributed by atoms with Gasteiger partial charge in [0.05, 0.1) is 24.3 Å². The van der Waals surface area contributed by atoms with Crippen LogP contribution in [0.2, 0.25) is 0 Å². The maximum atomic E-state index is 13.7. The lowest BCUT2D eigenvalue weighted by atomic mass is 10.1. The fourth-order valence-corrected chi connectivity index (χ4v) is 8.56. The van der Waals surface area contributed by atoms with E-state index in [1.807, 2.05) is 24.3 Å². The molecule has 2 amide bonds. The number of hydrogen-bond acceptors (Lipinski definition) is 7. The van der Waals surface area contributed by atoms with Crippen molar-refractivity contribution in [2.75, 3.05) is 36.1 Å². The molecule has 4 aromatic rings. The summed E-state index contributed by atoms with van der Waals surface area (Å²) in [5.41, 5.74) is 2.13. The van der Waals surface area contributed by atoms with E-state index >= 15 is 0 Å². The number of anilines is 2. The van der Waals surface area contributed by atoms with Crippen molar-refractivity contribution in [1.82, 2.24) is 0 Å². The van der Waals surface area contributed by atoms with Gasteiger partial charge in [-0.2, -0.15) is 0 Å². The monoisotopic (exact) mass is 917 g/mol. The lowest BCUT2D eigenvalue weighted by Gasteiger charge is -2.35. The molecule has 0 unspecified atom stereocenters. The largest absolute Gasteiger partial charge is 0.494 e. The molecule has 9 heteroatoms. The molecule has 0 aromatic heterocycles. The first-order chi connectivity index (χ1) is 32.9. The average molecular weight is 917 g/mol. The number of unbranched alkanes of at least 4 members (excludes halogenated alkanes) is 22. The highest BCUT2D eigenvalue weighted by Gasteiger charge is 2.28. The second kappa shape index (κ2) is 31.6. The van der Waals surface area contributed by atoms with E-state index in [-0.39, 0.29) is 6.03 Å². The molecule has 67 heavy (non-hydrogen) atoms. The van der Waals surface area contributed by atoms with Gasteiger partial charge in [-0.1, -0.05) is 155 Å². The van der Waals surface area contributed by atoms with Gasteiger partial charge in [-0.15, -0.1) is 0 Å². The second-order valence-electron chi connectivity index (χ2n) is 18.2. The van der Waals surface area contributed by atoms with Crippen LogP contribution in [0.4, 0.5) is 16.2 Å². The number of urea groups is 1. The Morgan fingerprint density at radius 2 is 0.672 bits per heavy atom. The quantitative estimate of drug-likeness (QED) is 0.0262. The molecule has 1 fully saturated rings. The van der Waals surface area contributed by atoms with Gasteiger partial charge in [-0.05, 0) is 116 Å². The molecule has 1 saturated heterocycles. The van der Waals surface area contributed by atoms with Crippen LogP contribution in [0, 0.1) is 0 Å². The number of carbonyl (C=O) groups is 3. The lowest BCUT2D eigenvalue weighted by molar-refractivity contribution is 0.0725. The van der Waals surface area contributed by atoms with E-state index in [4.69, 9.17) is 18.9 Å². The van der Waals surface area contributed by atoms with Crippen LogP contribution in [0.15, 0.2) is 97.1 Å². The number of hydrogen-bond donors (Lipinski definition) is 0. The van der Waals surface area contributed by atoms with Crippen molar-refractivity contribution in [3.8, 4) is 23.0 Å². The van der Waals surface area contributed by atoms with E-state index in [9.17, 15) is 14.4 Å². The Labute approximate surface area is 402 Å². The van der Waals surface area contributed by atoms with Gasteiger partial charge < -0.3 is 18.9 Å². The number of rotatable bonds is 34. The van der Waals surface area contributed by atoms with Gasteiger partial charge in [0, 0.05) is 24.5 Å². The van der Waals surface area contributed by atoms with Crippen molar-refractivity contribution in [1.29, 1.82) is 0 Å². The van der Waals surface area contributed by atoms with E-state index in [1.54, 1.807) is 82.6 Å². The molecule has 5 rings (SSSR count). The summed E-state index contributed by atoms with van der Waals surface area (Å²) in [7, 11) is 0. The molecule has 0 spiro atoms. The molecule has 1 heterocycles. The summed E-state index contributed by atoms with van der Waals surface area (Å²) in [5, 5.41) is 0. The number of benzene rings is 4. The Morgan fingerprint density at radius 3 is 0.985 bits per heavy atom. The summed E-state index contributed by atoms with van der Waals surface area (Å²) in [6, 6.07) is 27.9. The Balaban J connectivity index is 0.960. The number of amides is 2. The molecule has 4 aromatic carbocycles. The molecule has 1 aliphatic heterocycles. The predicted molar refractivity (Wildman–Crippen MR) is 274 cm³/mol. The lowest BCUT2D eigenvalue weighted by Crippen LogP contribution is -2.49. The fourth-order valence-electron chi connectivity index (χ4n) is 8.56. The van der Waals surface area contributed by atoms with Gasteiger partial charge in [-0.3, -0.25) is 9.80 Å². The zero-order valence-corrected chi connectivity index (χ0v) is 41.0. The highest BCUT2D eigenvalue weighted by atomic mass is 16.5. The molecular weight excluding hydrogens is 837 g/mol. The van der Waals surface area contributed by atoms with Crippen molar-refractivity contribution >= 4 is 29.3 Å². The van der Waals surface area contributed by atoms with Crippen molar-refractivity contribution in [3.63, 3.8) is 0 Å². The van der Waals surface area contributed by atoms with Crippen LogP contribution in [-0.2, 0) is 0 Å². The van der Waals surface area contributed by atoms with Gasteiger partial charge in [-0.25, -0.2) is 14.4 Å². The van der Waals surface area contributed by atoms with Crippen LogP contribution < -0.4 is 28.7 Å². The molecule has 364 valence electrons. The molecule has 0 aliphatic carbocycles. The SMILES string of the molecule is CCCCCCCCCCCCCCOc1ccc(OC(=O)c2ccc(N3CCCN(c4ccc(C(=O)Oc5ccc(OCCCCCCCCCCCCCC)cc5)cc4)C3=O)cc2)cc1. The van der Waals surface area contributed by atoms with Crippen LogP contribution in [0.3, 0.4) is 0 Å². The number of carbonyl (C=O) groups excluding carboxylic acids is 3. The van der Waals surface area contributed by atoms with Crippen molar-refractivity contribution in [2.24, 2.45) is 0 Å². The predicted octanol–water partition coefficient (Wildman–Crippen LogP) is 16.1. The maximum absolute atomic E-state index is 13.7. The maximum Gasteiger partial charge on any atom is 0.343 e. The first-order valence-corrected chi connectivity index (χ1v) is 26.1. The van der Waals surface area contributed by atoms with E-state index in [2.05, 4.69) is 13.8 Å². The highest BCUT2D eigenvalue weighted by Crippen LogP contribution is 2.27. The van der Waals surface area contributed by atoms with Gasteiger partial charge in [0.25, 0.3) is 0 Å². The molecular formula is C58H80N2O7. The normalized spacial score (nSPS) is 12.6. The number of ether oxygens (including phenoxy) is 4. The Morgan fingerprint density at radius 1 is 0.388 bits per heavy atom. The van der Waals surface area contributed by atoms with Crippen LogP contribution in [-0.4, -0.2) is 44.3 Å². The third-order valence-electron chi connectivity index (χ3n) is 12.7. The van der Waals surface area contributed by atoms with Gasteiger partial charge in [0.15, 0.2) is 0 Å². The Kier molecular flexibility index (Phi) is 24.9. The minimum Gasteiger partial charge on any atom is -0.494 e. The summed E-state index contributed by atoms with van der Waals surface area (Å²) < 4.78 is 23.1. The van der Waals surface area contributed by atoms with Gasteiger partial charge in [0.1, 0.15) is 23.0 Å².